The fraction of sp³-hybridized carbons (Fsp3) is 0.379. The summed E-state index contributed by atoms with van der Waals surface area (Å²) in [6.45, 7) is 21.0. The lowest BCUT2D eigenvalue weighted by atomic mass is 9.98. The highest BCUT2D eigenvalue weighted by atomic mass is 15.4. The molecule has 0 fully saturated rings. The molecule has 0 aliphatic carbocycles. The quantitative estimate of drug-likeness (QED) is 0.440. The van der Waals surface area contributed by atoms with Gasteiger partial charge in [0, 0.05) is 30.0 Å². The number of hydrogen-bond acceptors (Lipinski definition) is 4. The Hall–Kier alpha value is -3.54. The molecule has 0 amide bonds. The first-order valence-electron chi connectivity index (χ1n) is 12.4. The van der Waals surface area contributed by atoms with Crippen LogP contribution in [0.3, 0.4) is 0 Å². The molecule has 182 valence electrons. The maximum absolute atomic E-state index is 5.02. The van der Waals surface area contributed by atoms with Crippen LogP contribution >= 0.6 is 0 Å². The van der Waals surface area contributed by atoms with Crippen LogP contribution in [0.1, 0.15) is 58.6 Å². The lowest BCUT2D eigenvalue weighted by molar-refractivity contribution is 0.865. The van der Waals surface area contributed by atoms with Gasteiger partial charge in [0.2, 0.25) is 0 Å². The van der Waals surface area contributed by atoms with Crippen LogP contribution in [-0.4, -0.2) is 40.4 Å². The molecule has 0 atom stereocenters. The van der Waals surface area contributed by atoms with E-state index in [1.165, 1.54) is 22.4 Å². The molecule has 2 heterocycles. The van der Waals surface area contributed by atoms with Gasteiger partial charge in [-0.05, 0) is 120 Å². The number of hydrogen-bond donors (Lipinski definition) is 0. The molecule has 0 spiro atoms. The van der Waals surface area contributed by atoms with Crippen molar-refractivity contribution in [2.45, 2.75) is 62.3 Å². The molecular weight excluding hydrogens is 432 g/mol. The summed E-state index contributed by atoms with van der Waals surface area (Å²) in [6.07, 6.45) is 0. The minimum Gasteiger partial charge on any atom is -0.372 e. The number of rotatable bonds is 5. The van der Waals surface area contributed by atoms with E-state index in [-0.39, 0.29) is 0 Å². The number of nitrogens with zero attached hydrogens (tertiary/aromatic N) is 6. The highest BCUT2D eigenvalue weighted by Crippen LogP contribution is 2.27. The molecule has 4 rings (SSSR count). The molecule has 0 radical (unpaired) electrons. The van der Waals surface area contributed by atoms with Crippen molar-refractivity contribution >= 4 is 28.9 Å². The number of anilines is 1. The summed E-state index contributed by atoms with van der Waals surface area (Å²) in [6, 6.07) is 10.8. The number of amidine groups is 1. The Balaban J connectivity index is 1.85. The molecule has 0 unspecified atom stereocenters. The van der Waals surface area contributed by atoms with Crippen LogP contribution in [0.4, 0.5) is 11.4 Å². The van der Waals surface area contributed by atoms with Crippen LogP contribution in [0.5, 0.6) is 0 Å². The summed E-state index contributed by atoms with van der Waals surface area (Å²) in [7, 11) is 0. The van der Waals surface area contributed by atoms with Crippen molar-refractivity contribution in [3.05, 3.63) is 75.1 Å². The SMILES string of the molecule is CCN(CC)c1ccc(N=C2N=C(n3nc(C)c(C)c3C)N=C2c2cc(C)c(C)c(C)c2)c(C)c1. The zero-order chi connectivity index (χ0) is 25.4. The third-order valence-corrected chi connectivity index (χ3v) is 7.21. The number of aliphatic imine (C=N–C) groups is 3. The van der Waals surface area contributed by atoms with Crippen molar-refractivity contribution in [1.29, 1.82) is 0 Å². The van der Waals surface area contributed by atoms with E-state index >= 15 is 0 Å². The van der Waals surface area contributed by atoms with E-state index in [0.717, 1.165) is 52.6 Å². The van der Waals surface area contributed by atoms with Gasteiger partial charge in [-0.15, -0.1) is 0 Å². The summed E-state index contributed by atoms with van der Waals surface area (Å²) in [4.78, 5) is 17.2. The largest absolute Gasteiger partial charge is 0.372 e. The fourth-order valence-electron chi connectivity index (χ4n) is 4.44. The van der Waals surface area contributed by atoms with Crippen molar-refractivity contribution in [3.8, 4) is 0 Å². The van der Waals surface area contributed by atoms with Gasteiger partial charge in [0.15, 0.2) is 5.84 Å². The minimum atomic E-state index is 0.556. The van der Waals surface area contributed by atoms with Crippen molar-refractivity contribution in [3.63, 3.8) is 0 Å². The molecule has 0 saturated carbocycles. The average molecular weight is 469 g/mol. The Labute approximate surface area is 209 Å². The molecule has 2 aromatic carbocycles. The van der Waals surface area contributed by atoms with Gasteiger partial charge in [0.05, 0.1) is 11.4 Å². The third kappa shape index (κ3) is 4.57. The van der Waals surface area contributed by atoms with Crippen LogP contribution in [0, 0.1) is 48.5 Å². The predicted octanol–water partition coefficient (Wildman–Crippen LogP) is 6.33. The first-order chi connectivity index (χ1) is 16.6. The summed E-state index contributed by atoms with van der Waals surface area (Å²) in [5, 5.41) is 4.70. The molecule has 1 aliphatic rings. The van der Waals surface area contributed by atoms with E-state index in [1.807, 2.05) is 11.6 Å². The number of aromatic nitrogens is 2. The molecule has 35 heavy (non-hydrogen) atoms. The Kier molecular flexibility index (Phi) is 6.75. The lowest BCUT2D eigenvalue weighted by Gasteiger charge is -2.21. The normalized spacial score (nSPS) is 14.5. The van der Waals surface area contributed by atoms with Gasteiger partial charge >= 0.3 is 0 Å². The number of aryl methyl sites for hydroxylation is 4. The monoisotopic (exact) mass is 468 g/mol. The van der Waals surface area contributed by atoms with Gasteiger partial charge in [0.1, 0.15) is 5.71 Å². The maximum Gasteiger partial charge on any atom is 0.253 e. The smallest absolute Gasteiger partial charge is 0.253 e. The summed E-state index contributed by atoms with van der Waals surface area (Å²) in [5.74, 6) is 1.17. The summed E-state index contributed by atoms with van der Waals surface area (Å²) in [5.41, 5.74) is 12.0. The van der Waals surface area contributed by atoms with E-state index in [2.05, 4.69) is 90.6 Å². The topological polar surface area (TPSA) is 58.1 Å². The van der Waals surface area contributed by atoms with Gasteiger partial charge in [-0.3, -0.25) is 0 Å². The van der Waals surface area contributed by atoms with Gasteiger partial charge < -0.3 is 4.90 Å². The molecule has 6 nitrogen and oxygen atoms in total. The Morgan fingerprint density at radius 1 is 0.800 bits per heavy atom. The zero-order valence-corrected chi connectivity index (χ0v) is 22.5. The Morgan fingerprint density at radius 3 is 2.00 bits per heavy atom. The zero-order valence-electron chi connectivity index (χ0n) is 22.5. The molecule has 0 bridgehead atoms. The summed E-state index contributed by atoms with van der Waals surface area (Å²) < 4.78 is 1.83. The van der Waals surface area contributed by atoms with Gasteiger partial charge in [-0.2, -0.15) is 10.1 Å². The molecule has 1 aliphatic heterocycles. The maximum atomic E-state index is 5.02. The van der Waals surface area contributed by atoms with Crippen LogP contribution in [0.15, 0.2) is 45.3 Å². The lowest BCUT2D eigenvalue weighted by Crippen LogP contribution is -2.21. The Morgan fingerprint density at radius 2 is 1.46 bits per heavy atom. The van der Waals surface area contributed by atoms with Crippen LogP contribution in [0.25, 0.3) is 0 Å². The van der Waals surface area contributed by atoms with E-state index in [0.29, 0.717) is 11.8 Å². The highest BCUT2D eigenvalue weighted by molar-refractivity contribution is 6.53. The van der Waals surface area contributed by atoms with Crippen molar-refractivity contribution in [1.82, 2.24) is 9.78 Å². The molecule has 3 aromatic rings. The molecule has 6 heteroatoms. The average Bonchev–Trinajstić information content (AvgIpc) is 3.35. The van der Waals surface area contributed by atoms with Crippen molar-refractivity contribution in [2.24, 2.45) is 15.0 Å². The second-order valence-corrected chi connectivity index (χ2v) is 9.39. The summed E-state index contributed by atoms with van der Waals surface area (Å²) >= 11 is 0. The molecular formula is C29H36N6. The molecule has 0 N–H and O–H groups in total. The van der Waals surface area contributed by atoms with Crippen LogP contribution < -0.4 is 4.90 Å². The standard InChI is InChI=1S/C29H36N6/c1-10-34(11-2)25-12-13-26(19(5)16-25)30-28-27(24-14-17(3)20(6)18(4)15-24)31-29(32-28)35-23(9)21(7)22(8)33-35/h12-16H,10-11H2,1-9H3. The van der Waals surface area contributed by atoms with Crippen LogP contribution in [0.2, 0.25) is 0 Å². The second-order valence-electron chi connectivity index (χ2n) is 9.39. The van der Waals surface area contributed by atoms with E-state index in [9.17, 15) is 0 Å². The third-order valence-electron chi connectivity index (χ3n) is 7.21. The number of benzene rings is 2. The molecule has 0 saturated heterocycles. The van der Waals surface area contributed by atoms with Crippen molar-refractivity contribution < 1.29 is 0 Å². The van der Waals surface area contributed by atoms with Crippen LogP contribution in [-0.2, 0) is 0 Å². The van der Waals surface area contributed by atoms with Gasteiger partial charge in [-0.1, -0.05) is 0 Å². The minimum absolute atomic E-state index is 0.556. The molecule has 1 aromatic heterocycles. The van der Waals surface area contributed by atoms with Crippen molar-refractivity contribution in [2.75, 3.05) is 18.0 Å². The van der Waals surface area contributed by atoms with Gasteiger partial charge in [0.25, 0.3) is 5.96 Å². The first-order valence-corrected chi connectivity index (χ1v) is 12.4. The van der Waals surface area contributed by atoms with Gasteiger partial charge in [-0.25, -0.2) is 14.7 Å². The van der Waals surface area contributed by atoms with E-state index < -0.39 is 0 Å². The van der Waals surface area contributed by atoms with E-state index in [4.69, 9.17) is 20.1 Å². The fourth-order valence-corrected chi connectivity index (χ4v) is 4.44. The predicted molar refractivity (Wildman–Crippen MR) is 148 cm³/mol. The van der Waals surface area contributed by atoms with E-state index in [1.54, 1.807) is 0 Å². The highest BCUT2D eigenvalue weighted by Gasteiger charge is 2.24. The Bertz CT molecular complexity index is 1360. The first kappa shape index (κ1) is 24.6. The second kappa shape index (κ2) is 9.61.